The third kappa shape index (κ3) is 2.20. The second kappa shape index (κ2) is 4.94. The maximum Gasteiger partial charge on any atom is 0.271 e. The van der Waals surface area contributed by atoms with Crippen molar-refractivity contribution in [1.29, 1.82) is 0 Å². The van der Waals surface area contributed by atoms with Gasteiger partial charge in [0.15, 0.2) is 0 Å². The number of H-pyrrole nitrogens is 1. The van der Waals surface area contributed by atoms with Gasteiger partial charge in [-0.2, -0.15) is 10.2 Å². The first-order valence-corrected chi connectivity index (χ1v) is 6.95. The van der Waals surface area contributed by atoms with Crippen molar-refractivity contribution in [3.8, 4) is 0 Å². The molecule has 1 unspecified atom stereocenters. The number of carbonyl (C=O) groups is 1. The van der Waals surface area contributed by atoms with Crippen LogP contribution < -0.4 is 5.32 Å². The summed E-state index contributed by atoms with van der Waals surface area (Å²) in [5.74, 6) is -0.175. The van der Waals surface area contributed by atoms with Gasteiger partial charge < -0.3 is 5.32 Å². The molecule has 20 heavy (non-hydrogen) atoms. The lowest BCUT2D eigenvalue weighted by Gasteiger charge is -2.22. The first kappa shape index (κ1) is 13.2. The molecule has 2 aromatic heterocycles. The molecule has 2 N–H and O–H groups in total. The molecule has 0 saturated heterocycles. The molecule has 3 rings (SSSR count). The van der Waals surface area contributed by atoms with Gasteiger partial charge in [-0.05, 0) is 25.3 Å². The molecular formula is C13H16ClN5O. The van der Waals surface area contributed by atoms with Gasteiger partial charge >= 0.3 is 0 Å². The van der Waals surface area contributed by atoms with Gasteiger partial charge in [0.1, 0.15) is 5.69 Å². The minimum Gasteiger partial charge on any atom is -0.348 e. The van der Waals surface area contributed by atoms with Crippen LogP contribution in [0, 0.1) is 6.92 Å². The van der Waals surface area contributed by atoms with Crippen molar-refractivity contribution < 1.29 is 4.79 Å². The zero-order valence-electron chi connectivity index (χ0n) is 11.4. The molecule has 0 bridgehead atoms. The van der Waals surface area contributed by atoms with E-state index in [1.807, 2.05) is 6.20 Å². The Balaban J connectivity index is 1.74. The fourth-order valence-electron chi connectivity index (χ4n) is 2.66. The lowest BCUT2D eigenvalue weighted by atomic mass is 9.94. The Morgan fingerprint density at radius 1 is 1.60 bits per heavy atom. The lowest BCUT2D eigenvalue weighted by Crippen LogP contribution is -2.39. The van der Waals surface area contributed by atoms with Crippen LogP contribution in [0.3, 0.4) is 0 Å². The first-order chi connectivity index (χ1) is 9.56. The van der Waals surface area contributed by atoms with Gasteiger partial charge in [-0.25, -0.2) is 0 Å². The van der Waals surface area contributed by atoms with Gasteiger partial charge in [0.2, 0.25) is 0 Å². The summed E-state index contributed by atoms with van der Waals surface area (Å²) in [6.07, 6.45) is 4.46. The van der Waals surface area contributed by atoms with Crippen molar-refractivity contribution >= 4 is 17.5 Å². The van der Waals surface area contributed by atoms with E-state index >= 15 is 0 Å². The maximum absolute atomic E-state index is 12.3. The number of aromatic amines is 1. The predicted molar refractivity (Wildman–Crippen MR) is 74.8 cm³/mol. The van der Waals surface area contributed by atoms with Crippen LogP contribution in [-0.2, 0) is 19.9 Å². The van der Waals surface area contributed by atoms with Gasteiger partial charge in [-0.1, -0.05) is 11.6 Å². The van der Waals surface area contributed by atoms with Crippen LogP contribution in [0.5, 0.6) is 0 Å². The molecule has 106 valence electrons. The van der Waals surface area contributed by atoms with Crippen LogP contribution in [-0.4, -0.2) is 31.9 Å². The molecule has 6 nitrogen and oxygen atoms in total. The highest BCUT2D eigenvalue weighted by atomic mass is 35.5. The van der Waals surface area contributed by atoms with Gasteiger partial charge in [-0.3, -0.25) is 14.6 Å². The molecule has 2 aromatic rings. The quantitative estimate of drug-likeness (QED) is 0.878. The zero-order valence-corrected chi connectivity index (χ0v) is 12.2. The molecule has 0 saturated carbocycles. The number of halogens is 1. The number of hydrogen-bond acceptors (Lipinski definition) is 3. The summed E-state index contributed by atoms with van der Waals surface area (Å²) in [6, 6.07) is 0.0988. The highest BCUT2D eigenvalue weighted by Crippen LogP contribution is 2.22. The van der Waals surface area contributed by atoms with Gasteiger partial charge in [-0.15, -0.1) is 0 Å². The van der Waals surface area contributed by atoms with Crippen LogP contribution in [0.15, 0.2) is 6.20 Å². The van der Waals surface area contributed by atoms with Crippen molar-refractivity contribution in [1.82, 2.24) is 25.3 Å². The molecule has 0 aliphatic heterocycles. The Kier molecular flexibility index (Phi) is 3.25. The summed E-state index contributed by atoms with van der Waals surface area (Å²) < 4.78 is 1.53. The highest BCUT2D eigenvalue weighted by molar-refractivity contribution is 6.34. The van der Waals surface area contributed by atoms with E-state index in [0.29, 0.717) is 16.4 Å². The topological polar surface area (TPSA) is 75.6 Å². The standard InChI is InChI=1S/C13H16ClN5O/c1-7-11(14)12(19(2)18-7)13(20)16-9-4-3-8-6-15-17-10(8)5-9/h6,9H,3-5H2,1-2H3,(H,15,17)(H,16,20). The normalized spacial score (nSPS) is 17.9. The summed E-state index contributed by atoms with van der Waals surface area (Å²) in [4.78, 5) is 12.3. The third-order valence-electron chi connectivity index (χ3n) is 3.72. The number of fused-ring (bicyclic) bond motifs is 1. The number of hydrogen-bond donors (Lipinski definition) is 2. The molecule has 7 heteroatoms. The van der Waals surface area contributed by atoms with E-state index in [0.717, 1.165) is 25.0 Å². The van der Waals surface area contributed by atoms with Crippen LogP contribution in [0.2, 0.25) is 5.02 Å². The average Bonchev–Trinajstić information content (AvgIpc) is 2.94. The lowest BCUT2D eigenvalue weighted by molar-refractivity contribution is 0.0924. The molecule has 0 spiro atoms. The molecule has 0 aromatic carbocycles. The second-order valence-corrected chi connectivity index (χ2v) is 5.54. The fraction of sp³-hybridized carbons (Fsp3) is 0.462. The Labute approximate surface area is 121 Å². The number of rotatable bonds is 2. The van der Waals surface area contributed by atoms with E-state index in [-0.39, 0.29) is 11.9 Å². The van der Waals surface area contributed by atoms with E-state index in [1.54, 1.807) is 14.0 Å². The number of nitrogens with one attached hydrogen (secondary N) is 2. The summed E-state index contributed by atoms with van der Waals surface area (Å²) >= 11 is 6.13. The molecular weight excluding hydrogens is 278 g/mol. The predicted octanol–water partition coefficient (Wildman–Crippen LogP) is 1.39. The summed E-state index contributed by atoms with van der Waals surface area (Å²) in [6.45, 7) is 1.79. The summed E-state index contributed by atoms with van der Waals surface area (Å²) in [5.41, 5.74) is 3.43. The van der Waals surface area contributed by atoms with Gasteiger partial charge in [0.25, 0.3) is 5.91 Å². The van der Waals surface area contributed by atoms with E-state index in [9.17, 15) is 4.79 Å². The van der Waals surface area contributed by atoms with Gasteiger partial charge in [0.05, 0.1) is 16.9 Å². The number of amides is 1. The molecule has 0 radical (unpaired) electrons. The monoisotopic (exact) mass is 293 g/mol. The van der Waals surface area contributed by atoms with Crippen molar-refractivity contribution in [3.05, 3.63) is 33.9 Å². The van der Waals surface area contributed by atoms with Crippen LogP contribution in [0.1, 0.15) is 33.9 Å². The number of nitrogens with zero attached hydrogens (tertiary/aromatic N) is 3. The number of carbonyl (C=O) groups excluding carboxylic acids is 1. The Bertz CT molecular complexity index is 660. The van der Waals surface area contributed by atoms with E-state index < -0.39 is 0 Å². The van der Waals surface area contributed by atoms with E-state index in [2.05, 4.69) is 20.6 Å². The Hall–Kier alpha value is -1.82. The second-order valence-electron chi connectivity index (χ2n) is 5.16. The molecule has 1 aliphatic rings. The van der Waals surface area contributed by atoms with Crippen LogP contribution >= 0.6 is 11.6 Å². The Morgan fingerprint density at radius 2 is 2.40 bits per heavy atom. The largest absolute Gasteiger partial charge is 0.348 e. The van der Waals surface area contributed by atoms with Crippen LogP contribution in [0.4, 0.5) is 0 Å². The smallest absolute Gasteiger partial charge is 0.271 e. The molecule has 1 amide bonds. The third-order valence-corrected chi connectivity index (χ3v) is 4.17. The fourth-order valence-corrected chi connectivity index (χ4v) is 2.91. The molecule has 0 fully saturated rings. The summed E-state index contributed by atoms with van der Waals surface area (Å²) in [5, 5.41) is 14.6. The SMILES string of the molecule is Cc1nn(C)c(C(=O)NC2CCc3cn[nH]c3C2)c1Cl. The van der Waals surface area contributed by atoms with E-state index in [4.69, 9.17) is 11.6 Å². The average molecular weight is 294 g/mol. The van der Waals surface area contributed by atoms with Gasteiger partial charge in [0, 0.05) is 25.2 Å². The maximum atomic E-state index is 12.3. The number of aryl methyl sites for hydroxylation is 3. The number of aromatic nitrogens is 4. The van der Waals surface area contributed by atoms with Crippen LogP contribution in [0.25, 0.3) is 0 Å². The zero-order chi connectivity index (χ0) is 14.3. The minimum absolute atomic E-state index is 0.0988. The van der Waals surface area contributed by atoms with Crippen molar-refractivity contribution in [3.63, 3.8) is 0 Å². The van der Waals surface area contributed by atoms with Crippen molar-refractivity contribution in [2.24, 2.45) is 7.05 Å². The molecule has 1 atom stereocenters. The first-order valence-electron chi connectivity index (χ1n) is 6.57. The van der Waals surface area contributed by atoms with E-state index in [1.165, 1.54) is 10.2 Å². The minimum atomic E-state index is -0.175. The highest BCUT2D eigenvalue weighted by Gasteiger charge is 2.25. The summed E-state index contributed by atoms with van der Waals surface area (Å²) in [7, 11) is 1.72. The molecule has 2 heterocycles. The van der Waals surface area contributed by atoms with Crippen molar-refractivity contribution in [2.45, 2.75) is 32.2 Å². The van der Waals surface area contributed by atoms with Crippen molar-refractivity contribution in [2.75, 3.05) is 0 Å². The molecule has 1 aliphatic carbocycles. The Morgan fingerprint density at radius 3 is 3.10 bits per heavy atom.